The van der Waals surface area contributed by atoms with E-state index in [2.05, 4.69) is 41.3 Å². The van der Waals surface area contributed by atoms with Crippen LogP contribution in [0.5, 0.6) is 0 Å². The van der Waals surface area contributed by atoms with E-state index in [9.17, 15) is 4.79 Å². The van der Waals surface area contributed by atoms with Gasteiger partial charge < -0.3 is 20.4 Å². The van der Waals surface area contributed by atoms with Gasteiger partial charge in [-0.05, 0) is 50.7 Å². The number of benzene rings is 1. The number of carbonyl (C=O) groups excluding carboxylic acids is 1. The van der Waals surface area contributed by atoms with Crippen molar-refractivity contribution < 1.29 is 4.79 Å². The quantitative estimate of drug-likeness (QED) is 0.381. The van der Waals surface area contributed by atoms with Crippen molar-refractivity contribution in [1.82, 2.24) is 20.4 Å². The summed E-state index contributed by atoms with van der Waals surface area (Å²) in [5.41, 5.74) is 1.78. The first-order valence-corrected chi connectivity index (χ1v) is 9.56. The highest BCUT2D eigenvalue weighted by molar-refractivity contribution is 5.93. The molecule has 0 atom stereocenters. The molecule has 0 aliphatic rings. The number of hydrogen-bond acceptors (Lipinski definition) is 3. The van der Waals surface area contributed by atoms with Gasteiger partial charge in [-0.25, -0.2) is 4.99 Å². The Morgan fingerprint density at radius 2 is 1.69 bits per heavy atom. The van der Waals surface area contributed by atoms with Crippen molar-refractivity contribution in [3.05, 3.63) is 35.4 Å². The molecule has 26 heavy (non-hydrogen) atoms. The summed E-state index contributed by atoms with van der Waals surface area (Å²) in [6, 6.07) is 7.64. The summed E-state index contributed by atoms with van der Waals surface area (Å²) in [7, 11) is 3.52. The van der Waals surface area contributed by atoms with Crippen molar-refractivity contribution in [3.8, 4) is 0 Å². The van der Waals surface area contributed by atoms with Crippen LogP contribution >= 0.6 is 0 Å². The standard InChI is InChI=1S/C20H35N5O/c1-6-21-20(22-14-9-15-25(7-2)8-3)23-16-17-10-12-18(13-11-17)19(26)24(4)5/h10-13H,6-9,14-16H2,1-5H3,(H2,21,22,23). The predicted molar refractivity (Wildman–Crippen MR) is 110 cm³/mol. The highest BCUT2D eigenvalue weighted by atomic mass is 16.2. The highest BCUT2D eigenvalue weighted by Crippen LogP contribution is 2.07. The van der Waals surface area contributed by atoms with Gasteiger partial charge in [0.25, 0.3) is 5.91 Å². The van der Waals surface area contributed by atoms with Crippen LogP contribution in [0.4, 0.5) is 0 Å². The van der Waals surface area contributed by atoms with Gasteiger partial charge in [0.05, 0.1) is 6.54 Å². The zero-order valence-corrected chi connectivity index (χ0v) is 17.0. The van der Waals surface area contributed by atoms with Gasteiger partial charge in [0.2, 0.25) is 0 Å². The minimum absolute atomic E-state index is 0.0169. The molecule has 0 aromatic heterocycles. The highest BCUT2D eigenvalue weighted by Gasteiger charge is 2.07. The number of guanidine groups is 1. The Labute approximate surface area is 158 Å². The fourth-order valence-electron chi connectivity index (χ4n) is 2.57. The van der Waals surface area contributed by atoms with E-state index in [4.69, 9.17) is 0 Å². The van der Waals surface area contributed by atoms with Crippen LogP contribution in [-0.4, -0.2) is 68.5 Å². The summed E-state index contributed by atoms with van der Waals surface area (Å²) < 4.78 is 0. The maximum atomic E-state index is 11.9. The summed E-state index contributed by atoms with van der Waals surface area (Å²) in [5.74, 6) is 0.851. The van der Waals surface area contributed by atoms with Gasteiger partial charge in [-0.15, -0.1) is 0 Å². The number of amides is 1. The van der Waals surface area contributed by atoms with Crippen LogP contribution in [0.1, 0.15) is 43.1 Å². The topological polar surface area (TPSA) is 60.0 Å². The summed E-state index contributed by atoms with van der Waals surface area (Å²) in [5, 5.41) is 6.67. The van der Waals surface area contributed by atoms with E-state index in [1.54, 1.807) is 19.0 Å². The average molecular weight is 362 g/mol. The van der Waals surface area contributed by atoms with Gasteiger partial charge in [0.15, 0.2) is 5.96 Å². The minimum atomic E-state index is 0.0169. The summed E-state index contributed by atoms with van der Waals surface area (Å²) >= 11 is 0. The molecule has 0 radical (unpaired) electrons. The van der Waals surface area contributed by atoms with Crippen LogP contribution in [0.25, 0.3) is 0 Å². The van der Waals surface area contributed by atoms with E-state index < -0.39 is 0 Å². The van der Waals surface area contributed by atoms with Crippen LogP contribution in [-0.2, 0) is 6.54 Å². The Hall–Kier alpha value is -2.08. The van der Waals surface area contributed by atoms with E-state index in [0.717, 1.165) is 50.7 Å². The van der Waals surface area contributed by atoms with Gasteiger partial charge in [-0.1, -0.05) is 26.0 Å². The largest absolute Gasteiger partial charge is 0.357 e. The lowest BCUT2D eigenvalue weighted by molar-refractivity contribution is 0.0827. The molecule has 0 heterocycles. The maximum Gasteiger partial charge on any atom is 0.253 e. The summed E-state index contributed by atoms with van der Waals surface area (Å²) in [6.07, 6.45) is 1.09. The molecule has 0 unspecified atom stereocenters. The lowest BCUT2D eigenvalue weighted by atomic mass is 10.1. The van der Waals surface area contributed by atoms with Crippen LogP contribution in [0.15, 0.2) is 29.3 Å². The normalized spacial score (nSPS) is 11.5. The molecule has 0 bridgehead atoms. The van der Waals surface area contributed by atoms with E-state index in [0.29, 0.717) is 12.1 Å². The van der Waals surface area contributed by atoms with Gasteiger partial charge in [0.1, 0.15) is 0 Å². The van der Waals surface area contributed by atoms with Crippen molar-refractivity contribution in [1.29, 1.82) is 0 Å². The molecule has 1 rings (SSSR count). The molecule has 6 nitrogen and oxygen atoms in total. The second-order valence-corrected chi connectivity index (χ2v) is 6.40. The Balaban J connectivity index is 2.53. The van der Waals surface area contributed by atoms with Gasteiger partial charge in [0, 0.05) is 32.7 Å². The van der Waals surface area contributed by atoms with E-state index in [1.165, 1.54) is 0 Å². The average Bonchev–Trinajstić information content (AvgIpc) is 2.65. The minimum Gasteiger partial charge on any atom is -0.357 e. The first-order chi connectivity index (χ1) is 12.5. The summed E-state index contributed by atoms with van der Waals surface area (Å²) in [4.78, 5) is 20.6. The Morgan fingerprint density at radius 3 is 2.23 bits per heavy atom. The van der Waals surface area contributed by atoms with E-state index >= 15 is 0 Å². The maximum absolute atomic E-state index is 11.9. The van der Waals surface area contributed by atoms with Crippen LogP contribution < -0.4 is 10.6 Å². The molecular weight excluding hydrogens is 326 g/mol. The SMILES string of the molecule is CCNC(=NCc1ccc(C(=O)N(C)C)cc1)NCCCN(CC)CC. The molecule has 1 aromatic carbocycles. The third kappa shape index (κ3) is 7.87. The zero-order valence-electron chi connectivity index (χ0n) is 17.0. The molecule has 0 aliphatic carbocycles. The van der Waals surface area contributed by atoms with Crippen LogP contribution in [0.3, 0.4) is 0 Å². The third-order valence-electron chi connectivity index (χ3n) is 4.21. The molecular formula is C20H35N5O. The van der Waals surface area contributed by atoms with Crippen molar-refractivity contribution in [2.45, 2.75) is 33.7 Å². The zero-order chi connectivity index (χ0) is 19.4. The smallest absolute Gasteiger partial charge is 0.253 e. The monoisotopic (exact) mass is 361 g/mol. The molecule has 0 fully saturated rings. The third-order valence-corrected chi connectivity index (χ3v) is 4.21. The Morgan fingerprint density at radius 1 is 1.04 bits per heavy atom. The summed E-state index contributed by atoms with van der Waals surface area (Å²) in [6.45, 7) is 12.1. The lowest BCUT2D eigenvalue weighted by Gasteiger charge is -2.18. The molecule has 146 valence electrons. The number of nitrogens with one attached hydrogen (secondary N) is 2. The van der Waals surface area contributed by atoms with Crippen molar-refractivity contribution in [2.24, 2.45) is 4.99 Å². The number of carbonyl (C=O) groups is 1. The van der Waals surface area contributed by atoms with Gasteiger partial charge in [-0.3, -0.25) is 4.79 Å². The van der Waals surface area contributed by atoms with Crippen molar-refractivity contribution in [2.75, 3.05) is 46.8 Å². The molecule has 0 aliphatic heterocycles. The molecule has 0 spiro atoms. The first-order valence-electron chi connectivity index (χ1n) is 9.56. The number of aliphatic imine (C=N–C) groups is 1. The number of nitrogens with zero attached hydrogens (tertiary/aromatic N) is 3. The van der Waals surface area contributed by atoms with E-state index in [1.807, 2.05) is 24.3 Å². The first kappa shape index (κ1) is 22.0. The lowest BCUT2D eigenvalue weighted by Crippen LogP contribution is -2.38. The fourth-order valence-corrected chi connectivity index (χ4v) is 2.57. The van der Waals surface area contributed by atoms with Crippen molar-refractivity contribution in [3.63, 3.8) is 0 Å². The van der Waals surface area contributed by atoms with Gasteiger partial charge >= 0.3 is 0 Å². The molecule has 1 aromatic rings. The number of rotatable bonds is 10. The Kier molecular flexibility index (Phi) is 10.4. The second kappa shape index (κ2) is 12.3. The molecule has 1 amide bonds. The van der Waals surface area contributed by atoms with Gasteiger partial charge in [-0.2, -0.15) is 0 Å². The Bertz CT molecular complexity index is 550. The van der Waals surface area contributed by atoms with Crippen LogP contribution in [0.2, 0.25) is 0 Å². The molecule has 6 heteroatoms. The van der Waals surface area contributed by atoms with Crippen LogP contribution in [0, 0.1) is 0 Å². The predicted octanol–water partition coefficient (Wildman–Crippen LogP) is 2.18. The van der Waals surface area contributed by atoms with Crippen molar-refractivity contribution >= 4 is 11.9 Å². The molecule has 2 N–H and O–H groups in total. The van der Waals surface area contributed by atoms with E-state index in [-0.39, 0.29) is 5.91 Å². The molecule has 0 saturated carbocycles. The fraction of sp³-hybridized carbons (Fsp3) is 0.600. The second-order valence-electron chi connectivity index (χ2n) is 6.40. The molecule has 0 saturated heterocycles. The number of hydrogen-bond donors (Lipinski definition) is 2.